The predicted octanol–water partition coefficient (Wildman–Crippen LogP) is 5.99. The zero-order valence-electron chi connectivity index (χ0n) is 15.3. The maximum atomic E-state index is 3.63. The Balaban J connectivity index is 2.27. The molecule has 2 aromatic carbocycles. The monoisotopic (exact) mass is 322 g/mol. The fraction of sp³-hybridized carbons (Fsp3) is 0.364. The van der Waals surface area contributed by atoms with E-state index in [1.807, 2.05) is 6.07 Å². The first-order valence-electron chi connectivity index (χ1n) is 8.90. The molecule has 128 valence electrons. The Hall–Kier alpha value is -2.22. The second kappa shape index (κ2) is 9.17. The van der Waals surface area contributed by atoms with Crippen molar-refractivity contribution in [3.8, 4) is 0 Å². The normalized spacial score (nSPS) is 11.4. The number of hydrogen-bond acceptors (Lipinski definition) is 2. The van der Waals surface area contributed by atoms with Crippen LogP contribution in [0.25, 0.3) is 12.2 Å². The fourth-order valence-corrected chi connectivity index (χ4v) is 2.42. The maximum Gasteiger partial charge on any atom is 0.0649 e. The Morgan fingerprint density at radius 1 is 0.750 bits per heavy atom. The van der Waals surface area contributed by atoms with Gasteiger partial charge in [0.05, 0.1) is 11.4 Å². The molecule has 0 fully saturated rings. The van der Waals surface area contributed by atoms with Gasteiger partial charge < -0.3 is 10.6 Å². The van der Waals surface area contributed by atoms with E-state index < -0.39 is 0 Å². The van der Waals surface area contributed by atoms with E-state index in [1.165, 1.54) is 22.5 Å². The van der Waals surface area contributed by atoms with E-state index in [9.17, 15) is 0 Å². The molecule has 0 atom stereocenters. The van der Waals surface area contributed by atoms with Gasteiger partial charge in [-0.1, -0.05) is 82.3 Å². The Bertz CT molecular complexity index is 642. The van der Waals surface area contributed by atoms with Crippen LogP contribution in [0.3, 0.4) is 0 Å². The SMILES string of the molecule is CC(C)CNc1cccc(C=Cc2ccccc2)c1NCC(C)C. The minimum absolute atomic E-state index is 0.606. The summed E-state index contributed by atoms with van der Waals surface area (Å²) in [6.45, 7) is 10.9. The summed E-state index contributed by atoms with van der Waals surface area (Å²) in [5, 5.41) is 7.21. The lowest BCUT2D eigenvalue weighted by molar-refractivity contribution is 0.684. The molecule has 0 heterocycles. The number of nitrogens with one attached hydrogen (secondary N) is 2. The van der Waals surface area contributed by atoms with Crippen molar-refractivity contribution in [2.75, 3.05) is 23.7 Å². The Morgan fingerprint density at radius 2 is 1.42 bits per heavy atom. The van der Waals surface area contributed by atoms with E-state index in [0.29, 0.717) is 11.8 Å². The molecule has 0 aromatic heterocycles. The van der Waals surface area contributed by atoms with Gasteiger partial charge in [0.25, 0.3) is 0 Å². The molecule has 24 heavy (non-hydrogen) atoms. The van der Waals surface area contributed by atoms with Crippen LogP contribution in [-0.2, 0) is 0 Å². The van der Waals surface area contributed by atoms with Crippen molar-refractivity contribution in [1.29, 1.82) is 0 Å². The van der Waals surface area contributed by atoms with Gasteiger partial charge in [0.15, 0.2) is 0 Å². The molecule has 0 spiro atoms. The largest absolute Gasteiger partial charge is 0.383 e. The van der Waals surface area contributed by atoms with E-state index in [2.05, 4.69) is 92.9 Å². The molecule has 0 radical (unpaired) electrons. The molecule has 0 bridgehead atoms. The van der Waals surface area contributed by atoms with Gasteiger partial charge in [-0.15, -0.1) is 0 Å². The molecule has 2 heteroatoms. The van der Waals surface area contributed by atoms with Gasteiger partial charge in [0.1, 0.15) is 0 Å². The summed E-state index contributed by atoms with van der Waals surface area (Å²) in [5.41, 5.74) is 4.81. The van der Waals surface area contributed by atoms with E-state index >= 15 is 0 Å². The molecule has 2 N–H and O–H groups in total. The van der Waals surface area contributed by atoms with Crippen molar-refractivity contribution < 1.29 is 0 Å². The average Bonchev–Trinajstić information content (AvgIpc) is 2.57. The third-order valence-electron chi connectivity index (χ3n) is 3.74. The van der Waals surface area contributed by atoms with E-state index in [0.717, 1.165) is 13.1 Å². The standard InChI is InChI=1S/C22H30N2/c1-17(2)15-23-21-12-8-11-20(22(21)24-16-18(3)4)14-13-19-9-6-5-7-10-19/h5-14,17-18,23-24H,15-16H2,1-4H3. The minimum Gasteiger partial charge on any atom is -0.383 e. The van der Waals surface area contributed by atoms with Crippen LogP contribution >= 0.6 is 0 Å². The van der Waals surface area contributed by atoms with Crippen molar-refractivity contribution in [3.05, 3.63) is 59.7 Å². The summed E-state index contributed by atoms with van der Waals surface area (Å²) >= 11 is 0. The maximum absolute atomic E-state index is 3.63. The highest BCUT2D eigenvalue weighted by Gasteiger charge is 2.07. The molecule has 2 rings (SSSR count). The Labute approximate surface area is 147 Å². The first kappa shape index (κ1) is 18.1. The van der Waals surface area contributed by atoms with Crippen LogP contribution in [0.2, 0.25) is 0 Å². The molecular weight excluding hydrogens is 292 g/mol. The van der Waals surface area contributed by atoms with E-state index in [1.54, 1.807) is 0 Å². The highest BCUT2D eigenvalue weighted by molar-refractivity contribution is 5.84. The number of para-hydroxylation sites is 1. The van der Waals surface area contributed by atoms with Crippen LogP contribution in [0.15, 0.2) is 48.5 Å². The highest BCUT2D eigenvalue weighted by Crippen LogP contribution is 2.28. The molecule has 0 amide bonds. The summed E-state index contributed by atoms with van der Waals surface area (Å²) in [6, 6.07) is 16.9. The zero-order chi connectivity index (χ0) is 17.4. The molecular formula is C22H30N2. The molecule has 0 saturated heterocycles. The van der Waals surface area contributed by atoms with E-state index in [4.69, 9.17) is 0 Å². The molecule has 0 unspecified atom stereocenters. The molecule has 0 aliphatic carbocycles. The topological polar surface area (TPSA) is 24.1 Å². The number of hydrogen-bond donors (Lipinski definition) is 2. The summed E-state index contributed by atoms with van der Waals surface area (Å²) in [4.78, 5) is 0. The first-order chi connectivity index (χ1) is 11.6. The van der Waals surface area contributed by atoms with Crippen LogP contribution in [0.1, 0.15) is 38.8 Å². The second-order valence-electron chi connectivity index (χ2n) is 7.06. The van der Waals surface area contributed by atoms with Gasteiger partial charge in [0.2, 0.25) is 0 Å². The summed E-state index contributed by atoms with van der Waals surface area (Å²) in [6.07, 6.45) is 4.36. The van der Waals surface area contributed by atoms with Gasteiger partial charge in [-0.05, 0) is 29.0 Å². The summed E-state index contributed by atoms with van der Waals surface area (Å²) < 4.78 is 0. The molecule has 0 aliphatic heterocycles. The second-order valence-corrected chi connectivity index (χ2v) is 7.06. The van der Waals surface area contributed by atoms with Crippen LogP contribution < -0.4 is 10.6 Å². The zero-order valence-corrected chi connectivity index (χ0v) is 15.3. The quantitative estimate of drug-likeness (QED) is 0.583. The third-order valence-corrected chi connectivity index (χ3v) is 3.74. The van der Waals surface area contributed by atoms with Gasteiger partial charge in [-0.25, -0.2) is 0 Å². The smallest absolute Gasteiger partial charge is 0.0649 e. The molecule has 2 aromatic rings. The van der Waals surface area contributed by atoms with Crippen LogP contribution in [0, 0.1) is 11.8 Å². The average molecular weight is 322 g/mol. The summed E-state index contributed by atoms with van der Waals surface area (Å²) in [5.74, 6) is 1.22. The van der Waals surface area contributed by atoms with Crippen molar-refractivity contribution in [3.63, 3.8) is 0 Å². The third kappa shape index (κ3) is 5.77. The number of benzene rings is 2. The van der Waals surface area contributed by atoms with Crippen LogP contribution in [-0.4, -0.2) is 13.1 Å². The van der Waals surface area contributed by atoms with Gasteiger partial charge in [-0.3, -0.25) is 0 Å². The van der Waals surface area contributed by atoms with Crippen molar-refractivity contribution in [1.82, 2.24) is 0 Å². The van der Waals surface area contributed by atoms with Crippen molar-refractivity contribution in [2.45, 2.75) is 27.7 Å². The minimum atomic E-state index is 0.606. The van der Waals surface area contributed by atoms with Crippen molar-refractivity contribution in [2.24, 2.45) is 11.8 Å². The Kier molecular flexibility index (Phi) is 6.92. The predicted molar refractivity (Wildman–Crippen MR) is 108 cm³/mol. The lowest BCUT2D eigenvalue weighted by Gasteiger charge is -2.18. The fourth-order valence-electron chi connectivity index (χ4n) is 2.42. The number of rotatable bonds is 8. The molecule has 2 nitrogen and oxygen atoms in total. The van der Waals surface area contributed by atoms with Crippen molar-refractivity contribution >= 4 is 23.5 Å². The lowest BCUT2D eigenvalue weighted by atomic mass is 10.1. The summed E-state index contributed by atoms with van der Waals surface area (Å²) in [7, 11) is 0. The number of anilines is 2. The molecule has 0 saturated carbocycles. The molecule has 0 aliphatic rings. The van der Waals surface area contributed by atoms with Gasteiger partial charge in [-0.2, -0.15) is 0 Å². The van der Waals surface area contributed by atoms with Gasteiger partial charge >= 0.3 is 0 Å². The van der Waals surface area contributed by atoms with E-state index in [-0.39, 0.29) is 0 Å². The first-order valence-corrected chi connectivity index (χ1v) is 8.90. The lowest BCUT2D eigenvalue weighted by Crippen LogP contribution is -2.14. The van der Waals surface area contributed by atoms with Crippen LogP contribution in [0.5, 0.6) is 0 Å². The Morgan fingerprint density at radius 3 is 2.08 bits per heavy atom. The highest BCUT2D eigenvalue weighted by atomic mass is 15.0. The van der Waals surface area contributed by atoms with Crippen LogP contribution in [0.4, 0.5) is 11.4 Å². The van der Waals surface area contributed by atoms with Gasteiger partial charge in [0, 0.05) is 13.1 Å².